The smallest absolute Gasteiger partial charge is 0.422 e. The zero-order valence-corrected chi connectivity index (χ0v) is 25.6. The highest BCUT2D eigenvalue weighted by Crippen LogP contribution is 2.33. The Morgan fingerprint density at radius 1 is 0.905 bits per heavy atom. The molecule has 234 valence electrons. The van der Waals surface area contributed by atoms with Gasteiger partial charge >= 0.3 is 6.18 Å². The number of aryl methyl sites for hydroxylation is 1. The second kappa shape index (κ2) is 16.5. The molecule has 8 nitrogen and oxygen atoms in total. The predicted molar refractivity (Wildman–Crippen MR) is 159 cm³/mol. The van der Waals surface area contributed by atoms with Crippen molar-refractivity contribution < 1.29 is 35.8 Å². The van der Waals surface area contributed by atoms with Crippen LogP contribution in [0, 0.1) is 19.8 Å². The summed E-state index contributed by atoms with van der Waals surface area (Å²) >= 11 is 0. The van der Waals surface area contributed by atoms with Crippen molar-refractivity contribution in [3.8, 4) is 30.1 Å². The van der Waals surface area contributed by atoms with Crippen molar-refractivity contribution in [3.05, 3.63) is 42.0 Å². The number of nitrogens with one attached hydrogen (secondary N) is 1. The molecule has 0 spiro atoms. The molecule has 12 heteroatoms. The van der Waals surface area contributed by atoms with Crippen LogP contribution in [0.4, 0.5) is 18.9 Å². The molecule has 0 unspecified atom stereocenters. The average molecular weight is 614 g/mol. The van der Waals surface area contributed by atoms with Gasteiger partial charge in [-0.3, -0.25) is 4.90 Å². The van der Waals surface area contributed by atoms with Gasteiger partial charge in [0.25, 0.3) is 0 Å². The number of anilines is 1. The lowest BCUT2D eigenvalue weighted by molar-refractivity contribution is -0.153. The van der Waals surface area contributed by atoms with Gasteiger partial charge in [-0.05, 0) is 56.6 Å². The van der Waals surface area contributed by atoms with Crippen LogP contribution in [0.3, 0.4) is 0 Å². The largest absolute Gasteiger partial charge is 0.493 e. The molecule has 0 atom stereocenters. The van der Waals surface area contributed by atoms with Crippen molar-refractivity contribution in [2.45, 2.75) is 56.1 Å². The van der Waals surface area contributed by atoms with Crippen LogP contribution in [0.1, 0.15) is 37.7 Å². The number of ether oxygens (including phenoxy) is 3. The number of nitrogens with zero attached hydrogens (tertiary/aromatic N) is 2. The van der Waals surface area contributed by atoms with Gasteiger partial charge in [-0.25, -0.2) is 13.1 Å². The molecule has 1 aliphatic carbocycles. The monoisotopic (exact) mass is 613 g/mol. The Labute approximate surface area is 248 Å². The molecule has 0 aromatic heterocycles. The van der Waals surface area contributed by atoms with E-state index in [1.807, 2.05) is 13.0 Å². The minimum absolute atomic E-state index is 0.141. The molecule has 1 heterocycles. The van der Waals surface area contributed by atoms with E-state index in [4.69, 9.17) is 14.2 Å². The lowest BCUT2D eigenvalue weighted by Crippen LogP contribution is -2.51. The maximum atomic E-state index is 12.5. The molecule has 0 bridgehead atoms. The number of sulfonamides is 1. The summed E-state index contributed by atoms with van der Waals surface area (Å²) in [6, 6.07) is 10.5. The van der Waals surface area contributed by atoms with E-state index in [1.165, 1.54) is 65.5 Å². The number of benzene rings is 2. The van der Waals surface area contributed by atoms with Gasteiger partial charge in [-0.1, -0.05) is 25.3 Å². The van der Waals surface area contributed by atoms with Gasteiger partial charge in [0.2, 0.25) is 10.0 Å². The molecule has 2 aromatic carbocycles. The van der Waals surface area contributed by atoms with E-state index in [0.717, 1.165) is 37.4 Å². The first-order valence-electron chi connectivity index (χ1n) is 13.8. The molecule has 1 aliphatic heterocycles. The standard InChI is InChI=1S/C19H27F3N2O.C9H13NO4S.C2H2/c1-15-7-8-18(25-14-19(20,21)22)17(13-15)24-11-9-23(10-12-24)16-5-3-2-4-6-16;1-10-15(11,12)7-4-5-8(13-2)9(6-7)14-3;1-2/h7-8,13,16H,2-6,9-12,14H2,1H3;4-6,10H,1-3H3;1-2H. The van der Waals surface area contributed by atoms with Crippen LogP contribution in [0.15, 0.2) is 41.3 Å². The van der Waals surface area contributed by atoms with E-state index in [-0.39, 0.29) is 4.90 Å². The Morgan fingerprint density at radius 2 is 1.50 bits per heavy atom. The summed E-state index contributed by atoms with van der Waals surface area (Å²) in [6.45, 7) is 4.32. The third kappa shape index (κ3) is 10.3. The van der Waals surface area contributed by atoms with E-state index in [0.29, 0.717) is 23.3 Å². The number of hydrogen-bond donors (Lipinski definition) is 1. The minimum atomic E-state index is -4.32. The summed E-state index contributed by atoms with van der Waals surface area (Å²) in [6.07, 6.45) is 10.2. The maximum Gasteiger partial charge on any atom is 0.422 e. The number of piperazine rings is 1. The molecule has 1 saturated carbocycles. The Morgan fingerprint density at radius 3 is 2.05 bits per heavy atom. The fraction of sp³-hybridized carbons (Fsp3) is 0.533. The Bertz CT molecular complexity index is 1240. The van der Waals surface area contributed by atoms with Gasteiger partial charge in [-0.2, -0.15) is 13.2 Å². The Kier molecular flexibility index (Phi) is 13.8. The fourth-order valence-electron chi connectivity index (χ4n) is 5.03. The summed E-state index contributed by atoms with van der Waals surface area (Å²) in [4.78, 5) is 4.86. The third-order valence-electron chi connectivity index (χ3n) is 7.19. The number of alkyl halides is 3. The number of terminal acetylenes is 1. The Hall–Kier alpha value is -3.14. The highest BCUT2D eigenvalue weighted by Gasteiger charge is 2.30. The molecule has 0 amide bonds. The van der Waals surface area contributed by atoms with Crippen molar-refractivity contribution in [3.63, 3.8) is 0 Å². The Balaban J connectivity index is 0.000000311. The second-order valence-electron chi connectivity index (χ2n) is 9.91. The molecule has 1 N–H and O–H groups in total. The van der Waals surface area contributed by atoms with Gasteiger partial charge in [0.1, 0.15) is 5.75 Å². The summed E-state index contributed by atoms with van der Waals surface area (Å²) in [5.41, 5.74) is 1.82. The van der Waals surface area contributed by atoms with Crippen LogP contribution in [-0.2, 0) is 10.0 Å². The summed E-state index contributed by atoms with van der Waals surface area (Å²) in [5, 5.41) is 0. The van der Waals surface area contributed by atoms with Crippen molar-refractivity contribution in [1.82, 2.24) is 9.62 Å². The zero-order chi connectivity index (χ0) is 31.3. The van der Waals surface area contributed by atoms with Gasteiger partial charge in [0, 0.05) is 38.3 Å². The van der Waals surface area contributed by atoms with Crippen LogP contribution in [0.5, 0.6) is 17.2 Å². The number of hydrogen-bond acceptors (Lipinski definition) is 7. The van der Waals surface area contributed by atoms with E-state index < -0.39 is 22.8 Å². The van der Waals surface area contributed by atoms with Gasteiger partial charge in [-0.15, -0.1) is 12.8 Å². The van der Waals surface area contributed by atoms with Crippen molar-refractivity contribution in [2.75, 3.05) is 59.0 Å². The maximum absolute atomic E-state index is 12.5. The summed E-state index contributed by atoms with van der Waals surface area (Å²) in [5.74, 6) is 1.20. The molecular formula is C30H42F3N3O5S. The lowest BCUT2D eigenvalue weighted by atomic mass is 9.94. The molecule has 2 aliphatic rings. The van der Waals surface area contributed by atoms with Crippen LogP contribution < -0.4 is 23.8 Å². The van der Waals surface area contributed by atoms with Crippen molar-refractivity contribution >= 4 is 15.7 Å². The topological polar surface area (TPSA) is 80.3 Å². The highest BCUT2D eigenvalue weighted by molar-refractivity contribution is 7.89. The third-order valence-corrected chi connectivity index (χ3v) is 8.60. The van der Waals surface area contributed by atoms with Gasteiger partial charge < -0.3 is 19.1 Å². The molecule has 1 saturated heterocycles. The number of halogens is 3. The predicted octanol–water partition coefficient (Wildman–Crippen LogP) is 5.25. The van der Waals surface area contributed by atoms with Crippen molar-refractivity contribution in [1.29, 1.82) is 0 Å². The van der Waals surface area contributed by atoms with E-state index in [1.54, 1.807) is 18.2 Å². The average Bonchev–Trinajstić information content (AvgIpc) is 3.01. The molecule has 42 heavy (non-hydrogen) atoms. The number of rotatable bonds is 8. The SMILES string of the molecule is C#C.CNS(=O)(=O)c1ccc(OC)c(OC)c1.Cc1ccc(OCC(F)(F)F)c(N2CCN(C3CCCCC3)CC2)c1. The number of methoxy groups -OCH3 is 2. The zero-order valence-electron chi connectivity index (χ0n) is 24.7. The summed E-state index contributed by atoms with van der Waals surface area (Å²) in [7, 11) is 0.854. The minimum Gasteiger partial charge on any atom is -0.493 e. The van der Waals surface area contributed by atoms with E-state index in [2.05, 4.69) is 27.4 Å². The van der Waals surface area contributed by atoms with Crippen molar-refractivity contribution in [2.24, 2.45) is 0 Å². The lowest BCUT2D eigenvalue weighted by Gasteiger charge is -2.42. The molecule has 0 radical (unpaired) electrons. The first-order chi connectivity index (χ1) is 20.0. The molecule has 4 rings (SSSR count). The molecular weight excluding hydrogens is 571 g/mol. The highest BCUT2D eigenvalue weighted by atomic mass is 32.2. The van der Waals surface area contributed by atoms with Crippen LogP contribution >= 0.6 is 0 Å². The molecule has 2 fully saturated rings. The first kappa shape index (κ1) is 35.1. The van der Waals surface area contributed by atoms with Crippen LogP contribution in [-0.4, -0.2) is 79.6 Å². The quantitative estimate of drug-likeness (QED) is 0.408. The van der Waals surface area contributed by atoms with Gasteiger partial charge in [0.05, 0.1) is 24.8 Å². The van der Waals surface area contributed by atoms with E-state index in [9.17, 15) is 21.6 Å². The molecule has 2 aromatic rings. The fourth-order valence-corrected chi connectivity index (χ4v) is 5.78. The summed E-state index contributed by atoms with van der Waals surface area (Å²) < 4.78 is 77.7. The second-order valence-corrected chi connectivity index (χ2v) is 11.8. The first-order valence-corrected chi connectivity index (χ1v) is 15.2. The van der Waals surface area contributed by atoms with Crippen LogP contribution in [0.25, 0.3) is 0 Å². The normalized spacial score (nSPS) is 16.4. The van der Waals surface area contributed by atoms with Crippen LogP contribution in [0.2, 0.25) is 0 Å². The van der Waals surface area contributed by atoms with E-state index >= 15 is 0 Å². The van der Waals surface area contributed by atoms with Gasteiger partial charge in [0.15, 0.2) is 18.1 Å².